The van der Waals surface area contributed by atoms with E-state index in [1.165, 1.54) is 0 Å². The van der Waals surface area contributed by atoms with Crippen LogP contribution < -0.4 is 4.90 Å². The third-order valence-corrected chi connectivity index (χ3v) is 3.37. The number of pyridine rings is 1. The molecule has 1 aromatic rings. The molecule has 2 heterocycles. The summed E-state index contributed by atoms with van der Waals surface area (Å²) in [6, 6.07) is 2.04. The molecular formula is C13H13ClN4O. The van der Waals surface area contributed by atoms with Crippen LogP contribution in [0.15, 0.2) is 0 Å². The Balaban J connectivity index is 2.58. The standard InChI is InChI=1S/C13H13ClN4O/c1-3-9-10(8-15)12(14)17-13(11(9)16-2)18-4-6-19-7-5-18/h3-7H2,1H3. The SMILES string of the molecule is [C-]#[N+]c1c(N2CCOCC2)nc(Cl)c(C#N)c1CC. The molecule has 0 bridgehead atoms. The van der Waals surface area contributed by atoms with E-state index in [9.17, 15) is 0 Å². The Morgan fingerprint density at radius 1 is 1.53 bits per heavy atom. The van der Waals surface area contributed by atoms with Gasteiger partial charge in [0.2, 0.25) is 5.69 Å². The second-order valence-electron chi connectivity index (χ2n) is 4.10. The van der Waals surface area contributed by atoms with Gasteiger partial charge in [-0.2, -0.15) is 5.26 Å². The molecule has 2 rings (SSSR count). The summed E-state index contributed by atoms with van der Waals surface area (Å²) in [7, 11) is 0. The Hall–Kier alpha value is -1.82. The average Bonchev–Trinajstić information content (AvgIpc) is 2.46. The average molecular weight is 277 g/mol. The Morgan fingerprint density at radius 3 is 2.74 bits per heavy atom. The molecule has 0 aromatic carbocycles. The summed E-state index contributed by atoms with van der Waals surface area (Å²) >= 11 is 6.07. The van der Waals surface area contributed by atoms with Crippen molar-refractivity contribution in [2.24, 2.45) is 0 Å². The number of aromatic nitrogens is 1. The van der Waals surface area contributed by atoms with Gasteiger partial charge in [0.1, 0.15) is 17.0 Å². The highest BCUT2D eigenvalue weighted by atomic mass is 35.5. The van der Waals surface area contributed by atoms with Gasteiger partial charge in [-0.25, -0.2) is 9.83 Å². The molecule has 0 unspecified atom stereocenters. The van der Waals surface area contributed by atoms with E-state index in [1.54, 1.807) is 0 Å². The third-order valence-electron chi connectivity index (χ3n) is 3.10. The summed E-state index contributed by atoms with van der Waals surface area (Å²) in [4.78, 5) is 9.80. The summed E-state index contributed by atoms with van der Waals surface area (Å²) in [5.41, 5.74) is 1.43. The van der Waals surface area contributed by atoms with E-state index in [0.717, 1.165) is 0 Å². The van der Waals surface area contributed by atoms with Crippen LogP contribution in [0.3, 0.4) is 0 Å². The maximum Gasteiger partial charge on any atom is 0.232 e. The third kappa shape index (κ3) is 2.49. The van der Waals surface area contributed by atoms with Gasteiger partial charge in [0.15, 0.2) is 0 Å². The number of rotatable bonds is 2. The van der Waals surface area contributed by atoms with Crippen molar-refractivity contribution >= 4 is 23.1 Å². The Kier molecular flexibility index (Phi) is 4.21. The zero-order valence-electron chi connectivity index (χ0n) is 10.6. The molecule has 0 atom stereocenters. The first-order chi connectivity index (χ1) is 9.22. The molecular weight excluding hydrogens is 264 g/mol. The van der Waals surface area contributed by atoms with Gasteiger partial charge in [-0.05, 0) is 12.0 Å². The fraction of sp³-hybridized carbons (Fsp3) is 0.462. The molecule has 1 aliphatic rings. The molecule has 0 spiro atoms. The molecule has 1 aliphatic heterocycles. The van der Waals surface area contributed by atoms with E-state index in [1.807, 2.05) is 17.9 Å². The lowest BCUT2D eigenvalue weighted by Gasteiger charge is -2.29. The van der Waals surface area contributed by atoms with Crippen molar-refractivity contribution < 1.29 is 4.74 Å². The lowest BCUT2D eigenvalue weighted by Crippen LogP contribution is -2.37. The first-order valence-electron chi connectivity index (χ1n) is 6.05. The normalized spacial score (nSPS) is 14.8. The molecule has 0 radical (unpaired) electrons. The lowest BCUT2D eigenvalue weighted by atomic mass is 10.1. The lowest BCUT2D eigenvalue weighted by molar-refractivity contribution is 0.122. The number of anilines is 1. The van der Waals surface area contributed by atoms with Crippen molar-refractivity contribution in [1.29, 1.82) is 5.26 Å². The molecule has 0 amide bonds. The van der Waals surface area contributed by atoms with E-state index in [-0.39, 0.29) is 5.15 Å². The van der Waals surface area contributed by atoms with Crippen molar-refractivity contribution in [2.75, 3.05) is 31.2 Å². The Labute approximate surface area is 117 Å². The minimum Gasteiger partial charge on any atom is -0.378 e. The van der Waals surface area contributed by atoms with Crippen LogP contribution in [0.4, 0.5) is 11.5 Å². The predicted molar refractivity (Wildman–Crippen MR) is 72.6 cm³/mol. The summed E-state index contributed by atoms with van der Waals surface area (Å²) < 4.78 is 5.29. The summed E-state index contributed by atoms with van der Waals surface area (Å²) in [5.74, 6) is 0.569. The molecule has 1 aromatic heterocycles. The molecule has 0 saturated carbocycles. The van der Waals surface area contributed by atoms with Crippen molar-refractivity contribution in [3.8, 4) is 6.07 Å². The van der Waals surface area contributed by atoms with Gasteiger partial charge in [-0.15, -0.1) is 0 Å². The summed E-state index contributed by atoms with van der Waals surface area (Å²) in [6.45, 7) is 11.9. The highest BCUT2D eigenvalue weighted by Gasteiger charge is 2.23. The van der Waals surface area contributed by atoms with E-state index in [0.29, 0.717) is 55.4 Å². The second kappa shape index (κ2) is 5.88. The predicted octanol–water partition coefficient (Wildman–Crippen LogP) is 2.56. The molecule has 19 heavy (non-hydrogen) atoms. The number of nitrogens with zero attached hydrogens (tertiary/aromatic N) is 4. The first kappa shape index (κ1) is 13.6. The summed E-state index contributed by atoms with van der Waals surface area (Å²) in [5, 5.41) is 9.31. The number of morpholine rings is 1. The maximum absolute atomic E-state index is 9.14. The van der Waals surface area contributed by atoms with Crippen LogP contribution in [0.5, 0.6) is 0 Å². The van der Waals surface area contributed by atoms with E-state index < -0.39 is 0 Å². The number of halogens is 1. The number of hydrogen-bond acceptors (Lipinski definition) is 4. The second-order valence-corrected chi connectivity index (χ2v) is 4.46. The zero-order chi connectivity index (χ0) is 13.8. The monoisotopic (exact) mass is 276 g/mol. The van der Waals surface area contributed by atoms with Crippen LogP contribution in [0.2, 0.25) is 5.15 Å². The molecule has 1 fully saturated rings. The van der Waals surface area contributed by atoms with Crippen molar-refractivity contribution in [3.05, 3.63) is 27.7 Å². The van der Waals surface area contributed by atoms with Gasteiger partial charge in [-0.3, -0.25) is 0 Å². The van der Waals surface area contributed by atoms with E-state index in [2.05, 4.69) is 9.83 Å². The minimum atomic E-state index is 0.174. The molecule has 5 nitrogen and oxygen atoms in total. The molecule has 0 N–H and O–H groups in total. The zero-order valence-corrected chi connectivity index (χ0v) is 11.4. The number of ether oxygens (including phenoxy) is 1. The number of nitriles is 1. The van der Waals surface area contributed by atoms with Crippen molar-refractivity contribution in [3.63, 3.8) is 0 Å². The van der Waals surface area contributed by atoms with Crippen molar-refractivity contribution in [1.82, 2.24) is 4.98 Å². The molecule has 1 saturated heterocycles. The van der Waals surface area contributed by atoms with E-state index in [4.69, 9.17) is 28.2 Å². The van der Waals surface area contributed by atoms with Crippen LogP contribution in [0.1, 0.15) is 18.1 Å². The minimum absolute atomic E-state index is 0.174. The maximum atomic E-state index is 9.14. The fourth-order valence-corrected chi connectivity index (χ4v) is 2.39. The van der Waals surface area contributed by atoms with Gasteiger partial charge in [0, 0.05) is 13.1 Å². The van der Waals surface area contributed by atoms with Crippen LogP contribution >= 0.6 is 11.6 Å². The van der Waals surface area contributed by atoms with Crippen molar-refractivity contribution in [2.45, 2.75) is 13.3 Å². The number of hydrogen-bond donors (Lipinski definition) is 0. The van der Waals surface area contributed by atoms with Crippen LogP contribution in [0, 0.1) is 17.9 Å². The Morgan fingerprint density at radius 2 is 2.21 bits per heavy atom. The highest BCUT2D eigenvalue weighted by Crippen LogP contribution is 2.36. The van der Waals surface area contributed by atoms with Gasteiger partial charge >= 0.3 is 0 Å². The van der Waals surface area contributed by atoms with Gasteiger partial charge in [0.05, 0.1) is 25.3 Å². The largest absolute Gasteiger partial charge is 0.378 e. The topological polar surface area (TPSA) is 53.5 Å². The highest BCUT2D eigenvalue weighted by molar-refractivity contribution is 6.31. The van der Waals surface area contributed by atoms with Gasteiger partial charge < -0.3 is 9.64 Å². The first-order valence-corrected chi connectivity index (χ1v) is 6.43. The smallest absolute Gasteiger partial charge is 0.232 e. The molecule has 6 heteroatoms. The molecule has 0 aliphatic carbocycles. The molecule has 98 valence electrons. The van der Waals surface area contributed by atoms with Crippen LogP contribution in [0.25, 0.3) is 4.85 Å². The van der Waals surface area contributed by atoms with Crippen LogP contribution in [-0.4, -0.2) is 31.3 Å². The van der Waals surface area contributed by atoms with Crippen LogP contribution in [-0.2, 0) is 11.2 Å². The fourth-order valence-electron chi connectivity index (χ4n) is 2.15. The summed E-state index contributed by atoms with van der Waals surface area (Å²) in [6.07, 6.45) is 0.584. The van der Waals surface area contributed by atoms with E-state index >= 15 is 0 Å². The van der Waals surface area contributed by atoms with Gasteiger partial charge in [0.25, 0.3) is 0 Å². The quantitative estimate of drug-likeness (QED) is 0.615. The Bertz CT molecular complexity index is 567. The van der Waals surface area contributed by atoms with Gasteiger partial charge in [-0.1, -0.05) is 18.5 Å².